The van der Waals surface area contributed by atoms with E-state index in [9.17, 15) is 17.2 Å². The van der Waals surface area contributed by atoms with Crippen molar-refractivity contribution in [2.24, 2.45) is 0 Å². The number of hydrogen-bond acceptors (Lipinski definition) is 3. The number of nitrogens with zero attached hydrogens (tertiary/aromatic N) is 1. The highest BCUT2D eigenvalue weighted by molar-refractivity contribution is 7.89. The second-order valence-corrected chi connectivity index (χ2v) is 5.85. The van der Waals surface area contributed by atoms with Gasteiger partial charge in [0.05, 0.1) is 11.7 Å². The lowest BCUT2D eigenvalue weighted by molar-refractivity contribution is 0.536. The maximum Gasteiger partial charge on any atom is 0.244 e. The first-order chi connectivity index (χ1) is 9.40. The van der Waals surface area contributed by atoms with Crippen LogP contribution >= 0.6 is 0 Å². The molecule has 0 fully saturated rings. The summed E-state index contributed by atoms with van der Waals surface area (Å²) < 4.78 is 52.9. The first kappa shape index (κ1) is 14.5. The molecule has 0 radical (unpaired) electrons. The monoisotopic (exact) mass is 298 g/mol. The summed E-state index contributed by atoms with van der Waals surface area (Å²) in [5.74, 6) is -1.83. The molecular weight excluding hydrogens is 286 g/mol. The number of nitrogens with one attached hydrogen (secondary N) is 1. The van der Waals surface area contributed by atoms with Gasteiger partial charge in [0, 0.05) is 6.20 Å². The lowest BCUT2D eigenvalue weighted by Crippen LogP contribution is -2.28. The Morgan fingerprint density at radius 3 is 2.60 bits per heavy atom. The highest BCUT2D eigenvalue weighted by Gasteiger charge is 2.23. The predicted molar refractivity (Wildman–Crippen MR) is 69.3 cm³/mol. The fourth-order valence-corrected chi connectivity index (χ4v) is 2.98. The van der Waals surface area contributed by atoms with Crippen LogP contribution < -0.4 is 4.72 Å². The third kappa shape index (κ3) is 3.17. The summed E-state index contributed by atoms with van der Waals surface area (Å²) in [6, 6.07) is 6.64. The van der Waals surface area contributed by atoms with Crippen LogP contribution in [-0.4, -0.2) is 13.4 Å². The van der Waals surface area contributed by atoms with Crippen molar-refractivity contribution in [1.29, 1.82) is 0 Å². The largest absolute Gasteiger partial charge is 0.260 e. The molecule has 1 heterocycles. The fourth-order valence-electron chi connectivity index (χ4n) is 1.67. The number of sulfonamides is 1. The minimum atomic E-state index is -4.17. The summed E-state index contributed by atoms with van der Waals surface area (Å²) in [6.07, 6.45) is 1.52. The molecule has 2 rings (SSSR count). The van der Waals surface area contributed by atoms with Crippen LogP contribution in [0.3, 0.4) is 0 Å². The molecule has 0 aliphatic rings. The number of pyridine rings is 1. The number of halogens is 2. The molecule has 2 aromatic rings. The van der Waals surface area contributed by atoms with Gasteiger partial charge in [-0.1, -0.05) is 6.07 Å². The molecule has 0 bridgehead atoms. The number of hydrogen-bond donors (Lipinski definition) is 1. The molecule has 1 N–H and O–H groups in total. The van der Waals surface area contributed by atoms with Crippen LogP contribution in [0.15, 0.2) is 47.5 Å². The van der Waals surface area contributed by atoms with Crippen molar-refractivity contribution in [3.63, 3.8) is 0 Å². The van der Waals surface area contributed by atoms with E-state index in [1.165, 1.54) is 6.20 Å². The second-order valence-electron chi connectivity index (χ2n) is 4.17. The quantitative estimate of drug-likeness (QED) is 0.943. The van der Waals surface area contributed by atoms with Gasteiger partial charge in [-0.2, -0.15) is 0 Å². The molecule has 20 heavy (non-hydrogen) atoms. The van der Waals surface area contributed by atoms with E-state index in [0.29, 0.717) is 11.8 Å². The molecule has 0 aliphatic carbocycles. The predicted octanol–water partition coefficient (Wildman–Crippen LogP) is 2.40. The summed E-state index contributed by atoms with van der Waals surface area (Å²) in [7, 11) is -4.17. The molecule has 0 aliphatic heterocycles. The van der Waals surface area contributed by atoms with Gasteiger partial charge >= 0.3 is 0 Å². The molecular formula is C13H12F2N2O2S. The third-order valence-electron chi connectivity index (χ3n) is 2.65. The lowest BCUT2D eigenvalue weighted by atomic mass is 10.2. The number of aromatic nitrogens is 1. The van der Waals surface area contributed by atoms with Gasteiger partial charge in [0.15, 0.2) is 0 Å². The molecule has 106 valence electrons. The van der Waals surface area contributed by atoms with Crippen LogP contribution in [0.5, 0.6) is 0 Å². The molecule has 1 aromatic heterocycles. The minimum absolute atomic E-state index is 0.480. The van der Waals surface area contributed by atoms with E-state index in [-0.39, 0.29) is 0 Å². The minimum Gasteiger partial charge on any atom is -0.260 e. The molecule has 4 nitrogen and oxygen atoms in total. The van der Waals surface area contributed by atoms with Crippen LogP contribution in [0.25, 0.3) is 0 Å². The molecule has 1 atom stereocenters. The maximum atomic E-state index is 13.5. The average Bonchev–Trinajstić information content (AvgIpc) is 2.42. The highest BCUT2D eigenvalue weighted by atomic mass is 32.2. The Hall–Kier alpha value is -1.86. The van der Waals surface area contributed by atoms with E-state index in [1.54, 1.807) is 25.1 Å². The zero-order chi connectivity index (χ0) is 14.8. The topological polar surface area (TPSA) is 59.1 Å². The van der Waals surface area contributed by atoms with Crippen LogP contribution in [0.1, 0.15) is 18.7 Å². The Morgan fingerprint density at radius 1 is 1.20 bits per heavy atom. The Balaban J connectivity index is 2.30. The van der Waals surface area contributed by atoms with Crippen LogP contribution in [0, 0.1) is 11.6 Å². The summed E-state index contributed by atoms with van der Waals surface area (Å²) in [5, 5.41) is 0. The van der Waals surface area contributed by atoms with Crippen LogP contribution in [-0.2, 0) is 10.0 Å². The van der Waals surface area contributed by atoms with Crippen LogP contribution in [0.2, 0.25) is 0 Å². The zero-order valence-electron chi connectivity index (χ0n) is 10.5. The molecule has 0 saturated heterocycles. The van der Waals surface area contributed by atoms with Crippen molar-refractivity contribution >= 4 is 10.0 Å². The smallest absolute Gasteiger partial charge is 0.244 e. The van der Waals surface area contributed by atoms with Crippen molar-refractivity contribution in [3.8, 4) is 0 Å². The van der Waals surface area contributed by atoms with Gasteiger partial charge in [0.2, 0.25) is 10.0 Å². The standard InChI is InChI=1S/C13H12F2N2O2S/c1-9(12-4-2-3-7-16-12)17-20(18,19)13-8-10(14)5-6-11(13)15/h2-9,17H,1H3. The van der Waals surface area contributed by atoms with E-state index < -0.39 is 32.6 Å². The van der Waals surface area contributed by atoms with Gasteiger partial charge in [0.1, 0.15) is 16.5 Å². The zero-order valence-corrected chi connectivity index (χ0v) is 11.4. The normalized spacial score (nSPS) is 13.2. The van der Waals surface area contributed by atoms with Gasteiger partial charge in [0.25, 0.3) is 0 Å². The van der Waals surface area contributed by atoms with Gasteiger partial charge in [-0.25, -0.2) is 21.9 Å². The summed E-state index contributed by atoms with van der Waals surface area (Å²) in [5.41, 5.74) is 0.480. The SMILES string of the molecule is CC(NS(=O)(=O)c1cc(F)ccc1F)c1ccccn1. The van der Waals surface area contributed by atoms with Gasteiger partial charge < -0.3 is 0 Å². The highest BCUT2D eigenvalue weighted by Crippen LogP contribution is 2.18. The molecule has 1 aromatic carbocycles. The van der Waals surface area contributed by atoms with E-state index >= 15 is 0 Å². The molecule has 7 heteroatoms. The van der Waals surface area contributed by atoms with Crippen molar-refractivity contribution < 1.29 is 17.2 Å². The number of rotatable bonds is 4. The van der Waals surface area contributed by atoms with Gasteiger partial charge in [-0.15, -0.1) is 0 Å². The van der Waals surface area contributed by atoms with E-state index in [0.717, 1.165) is 12.1 Å². The van der Waals surface area contributed by atoms with Crippen molar-refractivity contribution in [3.05, 3.63) is 59.9 Å². The number of benzene rings is 1. The molecule has 1 unspecified atom stereocenters. The molecule has 0 saturated carbocycles. The maximum absolute atomic E-state index is 13.5. The van der Waals surface area contributed by atoms with E-state index in [4.69, 9.17) is 0 Å². The first-order valence-electron chi connectivity index (χ1n) is 5.78. The Kier molecular flexibility index (Phi) is 4.10. The lowest BCUT2D eigenvalue weighted by Gasteiger charge is -2.14. The van der Waals surface area contributed by atoms with Crippen LogP contribution in [0.4, 0.5) is 8.78 Å². The molecule has 0 spiro atoms. The van der Waals surface area contributed by atoms with Gasteiger partial charge in [-0.3, -0.25) is 4.98 Å². The van der Waals surface area contributed by atoms with Gasteiger partial charge in [-0.05, 0) is 37.3 Å². The first-order valence-corrected chi connectivity index (χ1v) is 7.27. The molecule has 0 amide bonds. The fraction of sp³-hybridized carbons (Fsp3) is 0.154. The summed E-state index contributed by atoms with van der Waals surface area (Å²) in [6.45, 7) is 1.57. The van der Waals surface area contributed by atoms with Crippen molar-refractivity contribution in [1.82, 2.24) is 9.71 Å². The van der Waals surface area contributed by atoms with Crippen molar-refractivity contribution in [2.45, 2.75) is 17.9 Å². The summed E-state index contributed by atoms with van der Waals surface area (Å²) in [4.78, 5) is 3.28. The Morgan fingerprint density at radius 2 is 1.95 bits per heavy atom. The third-order valence-corrected chi connectivity index (χ3v) is 4.20. The average molecular weight is 298 g/mol. The Labute approximate surface area is 115 Å². The summed E-state index contributed by atoms with van der Waals surface area (Å²) >= 11 is 0. The Bertz CT molecular complexity index is 706. The van der Waals surface area contributed by atoms with E-state index in [2.05, 4.69) is 9.71 Å². The second kappa shape index (κ2) is 5.64. The van der Waals surface area contributed by atoms with Crippen molar-refractivity contribution in [2.75, 3.05) is 0 Å². The van der Waals surface area contributed by atoms with E-state index in [1.807, 2.05) is 0 Å².